The predicted molar refractivity (Wildman–Crippen MR) is 157 cm³/mol. The monoisotopic (exact) mass is 536 g/mol. The summed E-state index contributed by atoms with van der Waals surface area (Å²) in [4.78, 5) is 23.2. The van der Waals surface area contributed by atoms with Gasteiger partial charge in [-0.1, -0.05) is 25.5 Å². The first-order valence-corrected chi connectivity index (χ1v) is 14.8. The quantitative estimate of drug-likeness (QED) is 0.295. The van der Waals surface area contributed by atoms with Gasteiger partial charge in [0.25, 0.3) is 0 Å². The normalized spacial score (nSPS) is 21.8. The van der Waals surface area contributed by atoms with Gasteiger partial charge in [-0.15, -0.1) is 0 Å². The molecule has 1 spiro atoms. The van der Waals surface area contributed by atoms with Crippen molar-refractivity contribution >= 4 is 38.9 Å². The number of aromatic amines is 1. The lowest BCUT2D eigenvalue weighted by molar-refractivity contribution is 0.100. The third-order valence-corrected chi connectivity index (χ3v) is 9.63. The molecular weight excluding hydrogens is 500 g/mol. The predicted octanol–water partition coefficient (Wildman–Crippen LogP) is 6.16. The van der Waals surface area contributed by atoms with E-state index >= 15 is 0 Å². The molecule has 1 aromatic carbocycles. The molecule has 4 aromatic heterocycles. The van der Waals surface area contributed by atoms with E-state index in [9.17, 15) is 0 Å². The zero-order valence-electron chi connectivity index (χ0n) is 23.2. The number of benzene rings is 1. The van der Waals surface area contributed by atoms with Crippen LogP contribution in [0.2, 0.25) is 0 Å². The van der Waals surface area contributed by atoms with E-state index < -0.39 is 0 Å². The van der Waals surface area contributed by atoms with Gasteiger partial charge in [0.1, 0.15) is 5.52 Å². The average molecular weight is 537 g/mol. The van der Waals surface area contributed by atoms with Crippen LogP contribution in [-0.2, 0) is 11.3 Å². The van der Waals surface area contributed by atoms with Crippen LogP contribution in [0, 0.1) is 11.3 Å². The molecule has 1 saturated carbocycles. The fourth-order valence-corrected chi connectivity index (χ4v) is 7.43. The number of pyridine rings is 1. The minimum atomic E-state index is 0.602. The van der Waals surface area contributed by atoms with Crippen molar-refractivity contribution in [1.29, 1.82) is 0 Å². The van der Waals surface area contributed by atoms with Crippen LogP contribution in [0.5, 0.6) is 0 Å². The number of anilines is 1. The van der Waals surface area contributed by atoms with Gasteiger partial charge in [0.15, 0.2) is 17.2 Å². The maximum atomic E-state index is 6.38. The second-order valence-corrected chi connectivity index (χ2v) is 12.3. The minimum absolute atomic E-state index is 0.602. The molecule has 2 aliphatic heterocycles. The molecule has 8 rings (SSSR count). The van der Waals surface area contributed by atoms with Crippen molar-refractivity contribution in [2.75, 3.05) is 44.3 Å². The molecule has 206 valence electrons. The van der Waals surface area contributed by atoms with E-state index in [2.05, 4.69) is 52.0 Å². The molecule has 3 aliphatic rings. The summed E-state index contributed by atoms with van der Waals surface area (Å²) >= 11 is 0. The number of fused-ring (bicyclic) bond motifs is 4. The Morgan fingerprint density at radius 3 is 2.73 bits per heavy atom. The number of hydrogen-bond donors (Lipinski definition) is 1. The molecule has 1 aliphatic carbocycles. The van der Waals surface area contributed by atoms with Gasteiger partial charge in [-0.2, -0.15) is 0 Å². The molecular formula is C32H36N6O2. The second-order valence-electron chi connectivity index (χ2n) is 12.3. The first-order valence-electron chi connectivity index (χ1n) is 14.8. The fraction of sp³-hybridized carbons (Fsp3) is 0.469. The number of nitrogens with one attached hydrogen (secondary N) is 1. The first kappa shape index (κ1) is 24.3. The Labute approximate surface area is 233 Å². The van der Waals surface area contributed by atoms with E-state index in [1.54, 1.807) is 0 Å². The Hall–Kier alpha value is -3.49. The lowest BCUT2D eigenvalue weighted by atomic mass is 9.76. The Morgan fingerprint density at radius 1 is 1.02 bits per heavy atom. The zero-order chi connectivity index (χ0) is 26.7. The fourth-order valence-electron chi connectivity index (χ4n) is 7.43. The molecule has 1 unspecified atom stereocenters. The number of morpholine rings is 1. The van der Waals surface area contributed by atoms with E-state index in [0.717, 1.165) is 58.7 Å². The van der Waals surface area contributed by atoms with Crippen molar-refractivity contribution in [2.45, 2.75) is 45.6 Å². The molecule has 5 aromatic rings. The molecule has 0 amide bonds. The van der Waals surface area contributed by atoms with Crippen LogP contribution < -0.4 is 4.90 Å². The standard InChI is InChI=1S/C32H36N6O2/c1-21-5-7-32(18-21)8-11-37(12-9-32)20-22-17-25-27-28(40-31(25)34-19-22)30(38-13-15-39-16-14-38)36-29(35-27)24-3-2-4-26-23(24)6-10-33-26/h2-4,6,10,17,19,21,33H,5,7-9,11-16,18,20H2,1H3. The maximum Gasteiger partial charge on any atom is 0.229 e. The maximum absolute atomic E-state index is 6.38. The van der Waals surface area contributed by atoms with Gasteiger partial charge < -0.3 is 19.0 Å². The molecule has 1 N–H and O–H groups in total. The van der Waals surface area contributed by atoms with Gasteiger partial charge >= 0.3 is 0 Å². The summed E-state index contributed by atoms with van der Waals surface area (Å²) in [5.41, 5.74) is 6.07. The summed E-state index contributed by atoms with van der Waals surface area (Å²) in [5, 5.41) is 2.07. The van der Waals surface area contributed by atoms with Crippen LogP contribution in [0.3, 0.4) is 0 Å². The molecule has 3 fully saturated rings. The molecule has 0 radical (unpaired) electrons. The van der Waals surface area contributed by atoms with Crippen LogP contribution in [-0.4, -0.2) is 64.2 Å². The van der Waals surface area contributed by atoms with Gasteiger partial charge in [-0.05, 0) is 73.9 Å². The number of H-pyrrole nitrogens is 1. The number of rotatable bonds is 4. The van der Waals surface area contributed by atoms with Crippen molar-refractivity contribution in [3.05, 3.63) is 48.3 Å². The molecule has 8 nitrogen and oxygen atoms in total. The summed E-state index contributed by atoms with van der Waals surface area (Å²) in [6, 6.07) is 10.6. The molecule has 40 heavy (non-hydrogen) atoms. The Balaban J connectivity index is 1.18. The van der Waals surface area contributed by atoms with Gasteiger partial charge in [0, 0.05) is 48.5 Å². The van der Waals surface area contributed by atoms with Gasteiger partial charge in [0.05, 0.1) is 18.6 Å². The lowest BCUT2D eigenvalue weighted by Crippen LogP contribution is -2.38. The molecule has 1 atom stereocenters. The number of hydrogen-bond acceptors (Lipinski definition) is 7. The van der Waals surface area contributed by atoms with E-state index in [4.69, 9.17) is 24.1 Å². The summed E-state index contributed by atoms with van der Waals surface area (Å²) in [5.74, 6) is 2.42. The summed E-state index contributed by atoms with van der Waals surface area (Å²) in [6.07, 6.45) is 10.8. The molecule has 2 saturated heterocycles. The second kappa shape index (κ2) is 9.56. The lowest BCUT2D eigenvalue weighted by Gasteiger charge is -2.39. The van der Waals surface area contributed by atoms with Crippen molar-refractivity contribution in [1.82, 2.24) is 24.8 Å². The number of aromatic nitrogens is 4. The highest BCUT2D eigenvalue weighted by Crippen LogP contribution is 2.48. The smallest absolute Gasteiger partial charge is 0.229 e. The van der Waals surface area contributed by atoms with Crippen LogP contribution >= 0.6 is 0 Å². The minimum Gasteiger partial charge on any atom is -0.432 e. The molecule has 0 bridgehead atoms. The average Bonchev–Trinajstić information content (AvgIpc) is 3.71. The number of ether oxygens (including phenoxy) is 1. The van der Waals surface area contributed by atoms with Gasteiger partial charge in [0.2, 0.25) is 5.71 Å². The largest absolute Gasteiger partial charge is 0.432 e. The highest BCUT2D eigenvalue weighted by atomic mass is 16.5. The van der Waals surface area contributed by atoms with Gasteiger partial charge in [-0.3, -0.25) is 4.90 Å². The van der Waals surface area contributed by atoms with E-state index in [-0.39, 0.29) is 0 Å². The summed E-state index contributed by atoms with van der Waals surface area (Å²) in [7, 11) is 0. The number of likely N-dealkylation sites (tertiary alicyclic amines) is 1. The van der Waals surface area contributed by atoms with Gasteiger partial charge in [-0.25, -0.2) is 15.0 Å². The Kier molecular flexibility index (Phi) is 5.81. The number of furan rings is 1. The van der Waals surface area contributed by atoms with E-state index in [1.807, 2.05) is 12.4 Å². The van der Waals surface area contributed by atoms with Crippen LogP contribution in [0.25, 0.3) is 44.5 Å². The molecule has 6 heterocycles. The van der Waals surface area contributed by atoms with Crippen LogP contribution in [0.15, 0.2) is 47.1 Å². The number of nitrogens with zero attached hydrogens (tertiary/aromatic N) is 5. The van der Waals surface area contributed by atoms with Crippen LogP contribution in [0.4, 0.5) is 5.82 Å². The van der Waals surface area contributed by atoms with Crippen molar-refractivity contribution in [2.24, 2.45) is 11.3 Å². The summed E-state index contributed by atoms with van der Waals surface area (Å²) in [6.45, 7) is 8.57. The van der Waals surface area contributed by atoms with E-state index in [1.165, 1.54) is 50.8 Å². The van der Waals surface area contributed by atoms with Crippen molar-refractivity contribution in [3.8, 4) is 11.4 Å². The van der Waals surface area contributed by atoms with E-state index in [0.29, 0.717) is 35.7 Å². The third-order valence-electron chi connectivity index (χ3n) is 9.63. The molecule has 8 heteroatoms. The van der Waals surface area contributed by atoms with Crippen molar-refractivity contribution in [3.63, 3.8) is 0 Å². The first-order chi connectivity index (χ1) is 19.6. The SMILES string of the molecule is CC1CCC2(CCN(Cc3cnc4oc5c(N6CCOCC6)nc(-c6cccc7[nH]ccc67)nc5c4c3)CC2)C1. The van der Waals surface area contributed by atoms with Crippen LogP contribution in [0.1, 0.15) is 44.6 Å². The highest BCUT2D eigenvalue weighted by Gasteiger charge is 2.39. The highest BCUT2D eigenvalue weighted by molar-refractivity contribution is 6.06. The number of piperidine rings is 1. The summed E-state index contributed by atoms with van der Waals surface area (Å²) < 4.78 is 12.0. The Bertz CT molecular complexity index is 1690. The zero-order valence-corrected chi connectivity index (χ0v) is 23.2. The Morgan fingerprint density at radius 2 is 1.90 bits per heavy atom. The van der Waals surface area contributed by atoms with Crippen molar-refractivity contribution < 1.29 is 9.15 Å². The topological polar surface area (TPSA) is 83.3 Å². The third kappa shape index (κ3) is 4.16.